The summed E-state index contributed by atoms with van der Waals surface area (Å²) >= 11 is 2.27. The van der Waals surface area contributed by atoms with Gasteiger partial charge in [-0.1, -0.05) is 70.9 Å². The first-order valence-electron chi connectivity index (χ1n) is 6.24. The molecule has 0 N–H and O–H groups in total. The van der Waals surface area contributed by atoms with Gasteiger partial charge in [-0.2, -0.15) is 0 Å². The van der Waals surface area contributed by atoms with Crippen molar-refractivity contribution in [3.8, 4) is 0 Å². The van der Waals surface area contributed by atoms with Crippen molar-refractivity contribution >= 4 is 17.6 Å². The molecule has 2 heterocycles. The zero-order valence-electron chi connectivity index (χ0n) is 9.88. The second kappa shape index (κ2) is 4.12. The van der Waals surface area contributed by atoms with E-state index in [4.69, 9.17) is 0 Å². The van der Waals surface area contributed by atoms with Crippen molar-refractivity contribution in [3.63, 3.8) is 0 Å². The van der Waals surface area contributed by atoms with Crippen LogP contribution in [0.5, 0.6) is 0 Å². The summed E-state index contributed by atoms with van der Waals surface area (Å²) in [5.74, 6) is 3.12. The topological polar surface area (TPSA) is 0 Å². The Bertz CT molecular complexity index is 175. The van der Waals surface area contributed by atoms with Gasteiger partial charge in [-0.15, -0.1) is 0 Å². The molecule has 0 saturated carbocycles. The minimum atomic E-state index is 0.468. The highest BCUT2D eigenvalue weighted by Gasteiger charge is 2.41. The average Bonchev–Trinajstić information content (AvgIpc) is 1.99. The van der Waals surface area contributed by atoms with E-state index in [0.29, 0.717) is 4.75 Å². The summed E-state index contributed by atoms with van der Waals surface area (Å²) in [6.45, 7) is 7.13. The lowest BCUT2D eigenvalue weighted by atomic mass is 9.42. The van der Waals surface area contributed by atoms with E-state index >= 15 is 0 Å². The van der Waals surface area contributed by atoms with Crippen molar-refractivity contribution in [2.24, 2.45) is 0 Å². The molecular weight excluding hydrogens is 187 g/mol. The van der Waals surface area contributed by atoms with Crippen molar-refractivity contribution < 1.29 is 0 Å². The Morgan fingerprint density at radius 3 is 1.71 bits per heavy atom. The zero-order valence-corrected chi connectivity index (χ0v) is 10.7. The highest BCUT2D eigenvalue weighted by atomic mass is 32.2. The van der Waals surface area contributed by atoms with Crippen LogP contribution in [0, 0.1) is 0 Å². The smallest absolute Gasteiger partial charge is 0.204 e. The summed E-state index contributed by atoms with van der Waals surface area (Å²) in [6, 6.07) is 0. The summed E-state index contributed by atoms with van der Waals surface area (Å²) in [6.07, 6.45) is 9.09. The van der Waals surface area contributed by atoms with Crippen LogP contribution in [0.1, 0.15) is 59.3 Å². The van der Waals surface area contributed by atoms with Gasteiger partial charge in [0.1, 0.15) is 0 Å². The number of rotatable bonds is 1. The van der Waals surface area contributed by atoms with Crippen LogP contribution in [0.25, 0.3) is 0 Å². The van der Waals surface area contributed by atoms with E-state index < -0.39 is 0 Å². The number of hydrogen-bond acceptors (Lipinski definition) is 1. The van der Waals surface area contributed by atoms with Gasteiger partial charge in [-0.25, -0.2) is 11.6 Å². The van der Waals surface area contributed by atoms with Gasteiger partial charge in [0.25, 0.3) is 0 Å². The summed E-state index contributed by atoms with van der Waals surface area (Å²) < 4.78 is 0.468. The molecule has 0 aromatic carbocycles. The molecule has 0 spiro atoms. The van der Waals surface area contributed by atoms with Crippen LogP contribution < -0.4 is 0 Å². The molecule has 2 bridgehead atoms. The molecule has 80 valence electrons. The molecule has 14 heavy (non-hydrogen) atoms. The van der Waals surface area contributed by atoms with Crippen LogP contribution in [-0.4, -0.2) is 10.7 Å². The summed E-state index contributed by atoms with van der Waals surface area (Å²) in [4.78, 5) is 0. The van der Waals surface area contributed by atoms with Gasteiger partial charge in [0.15, 0.2) is 0 Å². The quantitative estimate of drug-likeness (QED) is 0.569. The monoisotopic (exact) mass is 210 g/mol. The molecule has 2 saturated heterocycles. The van der Waals surface area contributed by atoms with E-state index in [9.17, 15) is 0 Å². The molecule has 0 aromatic rings. The lowest BCUT2D eigenvalue weighted by Crippen LogP contribution is -2.35. The Morgan fingerprint density at radius 1 is 0.929 bits per heavy atom. The second-order valence-electron chi connectivity index (χ2n) is 6.08. The fourth-order valence-electron chi connectivity index (χ4n) is 3.22. The third-order valence-corrected chi connectivity index (χ3v) is 5.47. The normalized spacial score (nSPS) is 33.2. The molecule has 2 heteroatoms. The molecule has 2 fully saturated rings. The first kappa shape index (κ1) is 10.9. The third-order valence-electron chi connectivity index (χ3n) is 3.72. The lowest BCUT2D eigenvalue weighted by molar-refractivity contribution is 0.451. The van der Waals surface area contributed by atoms with Crippen molar-refractivity contribution in [2.45, 2.75) is 75.7 Å². The highest BCUT2D eigenvalue weighted by molar-refractivity contribution is 8.26. The number of hydrogen-bond donors (Lipinski definition) is 0. The fraction of sp³-hybridized carbons (Fsp3) is 1.00. The Kier molecular flexibility index (Phi) is 3.21. The molecular formula is C12H23BS. The summed E-state index contributed by atoms with van der Waals surface area (Å²) in [5.41, 5.74) is 0. The largest absolute Gasteiger partial charge is 0.216 e. The van der Waals surface area contributed by atoms with E-state index in [-0.39, 0.29) is 0 Å². The predicted octanol–water partition coefficient (Wildman–Crippen LogP) is 4.62. The predicted molar refractivity (Wildman–Crippen MR) is 68.3 cm³/mol. The Hall–Kier alpha value is 0.415. The molecule has 0 atom stereocenters. The van der Waals surface area contributed by atoms with Crippen molar-refractivity contribution in [1.82, 2.24) is 0 Å². The van der Waals surface area contributed by atoms with E-state index in [2.05, 4.69) is 32.4 Å². The minimum absolute atomic E-state index is 0.468. The standard InChI is InChI=1S/C12H23BS/c1-12(2,3)14-13-10-6-4-7-11(13)9-5-8-10/h10-11H,4-9H2,1-3H3. The van der Waals surface area contributed by atoms with Crippen LogP contribution in [0.2, 0.25) is 11.6 Å². The van der Waals surface area contributed by atoms with Gasteiger partial charge < -0.3 is 0 Å². The SMILES string of the molecule is CC(C)(C)SB1C2CCCC1CCC2. The Balaban J connectivity index is 2.01. The number of fused-ring (bicyclic) bond motifs is 2. The molecule has 0 aliphatic carbocycles. The van der Waals surface area contributed by atoms with Gasteiger partial charge in [-0.05, 0) is 4.75 Å². The molecule has 0 aromatic heterocycles. The lowest BCUT2D eigenvalue weighted by Gasteiger charge is -2.42. The highest BCUT2D eigenvalue weighted by Crippen LogP contribution is 2.52. The van der Waals surface area contributed by atoms with Crippen LogP contribution >= 0.6 is 11.6 Å². The molecule has 2 aliphatic heterocycles. The fourth-order valence-corrected chi connectivity index (χ4v) is 4.96. The first-order chi connectivity index (χ1) is 6.56. The van der Waals surface area contributed by atoms with Crippen LogP contribution in [0.15, 0.2) is 0 Å². The van der Waals surface area contributed by atoms with Gasteiger partial charge in [0, 0.05) is 0 Å². The molecule has 0 amide bonds. The van der Waals surface area contributed by atoms with E-state index in [1.807, 2.05) is 0 Å². The molecule has 0 nitrogen and oxygen atoms in total. The van der Waals surface area contributed by atoms with Gasteiger partial charge >= 0.3 is 0 Å². The second-order valence-corrected chi connectivity index (χ2v) is 8.08. The molecule has 2 aliphatic rings. The molecule has 2 rings (SSSR count). The third kappa shape index (κ3) is 2.50. The van der Waals surface area contributed by atoms with Gasteiger partial charge in [0.2, 0.25) is 5.99 Å². The van der Waals surface area contributed by atoms with Gasteiger partial charge in [-0.3, -0.25) is 0 Å². The molecule has 0 radical (unpaired) electrons. The van der Waals surface area contributed by atoms with E-state index in [1.165, 1.54) is 38.5 Å². The summed E-state index contributed by atoms with van der Waals surface area (Å²) in [5, 5.41) is 0. The zero-order chi connectivity index (χ0) is 10.2. The van der Waals surface area contributed by atoms with E-state index in [0.717, 1.165) is 17.6 Å². The van der Waals surface area contributed by atoms with Crippen LogP contribution in [-0.2, 0) is 0 Å². The van der Waals surface area contributed by atoms with Crippen LogP contribution in [0.4, 0.5) is 0 Å². The Morgan fingerprint density at radius 2 is 1.36 bits per heavy atom. The van der Waals surface area contributed by atoms with Crippen molar-refractivity contribution in [1.29, 1.82) is 0 Å². The maximum absolute atomic E-state index is 2.38. The first-order valence-corrected chi connectivity index (χ1v) is 7.12. The van der Waals surface area contributed by atoms with Crippen molar-refractivity contribution in [2.75, 3.05) is 0 Å². The molecule has 0 unspecified atom stereocenters. The van der Waals surface area contributed by atoms with Crippen molar-refractivity contribution in [3.05, 3.63) is 0 Å². The minimum Gasteiger partial charge on any atom is -0.204 e. The maximum atomic E-state index is 2.38. The van der Waals surface area contributed by atoms with E-state index in [1.54, 1.807) is 0 Å². The summed E-state index contributed by atoms with van der Waals surface area (Å²) in [7, 11) is 0. The van der Waals surface area contributed by atoms with Crippen LogP contribution in [0.3, 0.4) is 0 Å². The average molecular weight is 210 g/mol. The maximum Gasteiger partial charge on any atom is 0.216 e. The Labute approximate surface area is 93.6 Å². The van der Waals surface area contributed by atoms with Gasteiger partial charge in [0.05, 0.1) is 0 Å².